The van der Waals surface area contributed by atoms with E-state index in [-0.39, 0.29) is 17.1 Å². The molecule has 0 radical (unpaired) electrons. The average Bonchev–Trinajstić information content (AvgIpc) is 2.37. The van der Waals surface area contributed by atoms with Gasteiger partial charge in [-0.25, -0.2) is 0 Å². The van der Waals surface area contributed by atoms with Crippen molar-refractivity contribution in [2.45, 2.75) is 13.8 Å². The number of phenols is 1. The van der Waals surface area contributed by atoms with Crippen molar-refractivity contribution in [3.8, 4) is 5.75 Å². The second-order valence-electron chi connectivity index (χ2n) is 4.48. The van der Waals surface area contributed by atoms with Crippen molar-refractivity contribution < 1.29 is 9.90 Å². The number of ketones is 1. The van der Waals surface area contributed by atoms with Gasteiger partial charge in [0.1, 0.15) is 5.75 Å². The lowest BCUT2D eigenvalue weighted by Gasteiger charge is -2.12. The van der Waals surface area contributed by atoms with Gasteiger partial charge in [-0.1, -0.05) is 11.6 Å². The number of aryl methyl sites for hydroxylation is 1. The van der Waals surface area contributed by atoms with E-state index in [4.69, 9.17) is 17.3 Å². The van der Waals surface area contributed by atoms with Crippen LogP contribution in [0, 0.1) is 13.8 Å². The van der Waals surface area contributed by atoms with Gasteiger partial charge in [0.15, 0.2) is 5.78 Å². The molecule has 0 atom stereocenters. The van der Waals surface area contributed by atoms with Crippen molar-refractivity contribution in [1.82, 2.24) is 0 Å². The zero-order valence-electron chi connectivity index (χ0n) is 10.7. The van der Waals surface area contributed by atoms with E-state index in [1.165, 1.54) is 0 Å². The van der Waals surface area contributed by atoms with Gasteiger partial charge < -0.3 is 10.8 Å². The number of halogens is 1. The number of rotatable bonds is 2. The Bertz CT molecular complexity index is 622. The second kappa shape index (κ2) is 4.94. The lowest BCUT2D eigenvalue weighted by Crippen LogP contribution is -2.06. The van der Waals surface area contributed by atoms with Gasteiger partial charge in [-0.2, -0.15) is 0 Å². The number of hydrogen-bond donors (Lipinski definition) is 2. The smallest absolute Gasteiger partial charge is 0.197 e. The number of hydrogen-bond acceptors (Lipinski definition) is 3. The van der Waals surface area contributed by atoms with Crippen molar-refractivity contribution in [3.05, 3.63) is 57.6 Å². The van der Waals surface area contributed by atoms with Gasteiger partial charge in [0.05, 0.1) is 5.56 Å². The molecule has 0 amide bonds. The molecule has 0 aromatic heterocycles. The molecular formula is C15H14ClNO2. The summed E-state index contributed by atoms with van der Waals surface area (Å²) in [7, 11) is 0. The summed E-state index contributed by atoms with van der Waals surface area (Å²) in [6, 6.07) is 8.21. The molecule has 0 aliphatic heterocycles. The Morgan fingerprint density at radius 3 is 2.37 bits per heavy atom. The number of nitrogens with two attached hydrogens (primary N) is 1. The van der Waals surface area contributed by atoms with Crippen molar-refractivity contribution in [3.63, 3.8) is 0 Å². The van der Waals surface area contributed by atoms with Gasteiger partial charge in [-0.05, 0) is 55.3 Å². The molecule has 0 bridgehead atoms. The van der Waals surface area contributed by atoms with Gasteiger partial charge >= 0.3 is 0 Å². The van der Waals surface area contributed by atoms with Gasteiger partial charge in [0, 0.05) is 16.3 Å². The molecule has 0 spiro atoms. The van der Waals surface area contributed by atoms with Crippen LogP contribution in [0.5, 0.6) is 5.75 Å². The van der Waals surface area contributed by atoms with E-state index in [9.17, 15) is 9.90 Å². The van der Waals surface area contributed by atoms with Gasteiger partial charge in [0.2, 0.25) is 0 Å². The van der Waals surface area contributed by atoms with E-state index < -0.39 is 0 Å². The predicted molar refractivity (Wildman–Crippen MR) is 76.9 cm³/mol. The van der Waals surface area contributed by atoms with Crippen LogP contribution in [0.3, 0.4) is 0 Å². The second-order valence-corrected chi connectivity index (χ2v) is 4.88. The molecule has 0 aliphatic carbocycles. The SMILES string of the molecule is Cc1cc(Cl)c(C)c(C(=O)c2ccc(N)cc2)c1O. The minimum absolute atomic E-state index is 0.0243. The third-order valence-corrected chi connectivity index (χ3v) is 3.48. The van der Waals surface area contributed by atoms with Crippen molar-refractivity contribution in [2.75, 3.05) is 5.73 Å². The van der Waals surface area contributed by atoms with Crippen molar-refractivity contribution >= 4 is 23.1 Å². The van der Waals surface area contributed by atoms with Gasteiger partial charge in [-0.3, -0.25) is 4.79 Å². The minimum Gasteiger partial charge on any atom is -0.507 e. The van der Waals surface area contributed by atoms with Crippen LogP contribution < -0.4 is 5.73 Å². The Balaban J connectivity index is 2.59. The first-order valence-electron chi connectivity index (χ1n) is 5.80. The Morgan fingerprint density at radius 1 is 1.21 bits per heavy atom. The maximum Gasteiger partial charge on any atom is 0.197 e. The van der Waals surface area contributed by atoms with E-state index >= 15 is 0 Å². The summed E-state index contributed by atoms with van der Waals surface area (Å²) in [5.74, 6) is -0.288. The summed E-state index contributed by atoms with van der Waals surface area (Å²) in [6.07, 6.45) is 0. The standard InChI is InChI=1S/C15H14ClNO2/c1-8-7-12(16)9(2)13(14(8)18)15(19)10-3-5-11(17)6-4-10/h3-7,18H,17H2,1-2H3. The molecule has 98 valence electrons. The maximum absolute atomic E-state index is 12.4. The summed E-state index contributed by atoms with van der Waals surface area (Å²) < 4.78 is 0. The summed E-state index contributed by atoms with van der Waals surface area (Å²) >= 11 is 6.06. The van der Waals surface area contributed by atoms with Crippen LogP contribution in [0.1, 0.15) is 27.0 Å². The number of aromatic hydroxyl groups is 1. The number of benzene rings is 2. The Kier molecular flexibility index (Phi) is 3.49. The van der Waals surface area contributed by atoms with Crippen molar-refractivity contribution in [1.29, 1.82) is 0 Å². The first-order valence-corrected chi connectivity index (χ1v) is 6.18. The monoisotopic (exact) mass is 275 g/mol. The number of phenolic OH excluding ortho intramolecular Hbond substituents is 1. The Morgan fingerprint density at radius 2 is 1.79 bits per heavy atom. The van der Waals surface area contributed by atoms with Gasteiger partial charge in [0.25, 0.3) is 0 Å². The van der Waals surface area contributed by atoms with Crippen LogP contribution in [0.4, 0.5) is 5.69 Å². The van der Waals surface area contributed by atoms with E-state index in [2.05, 4.69) is 0 Å². The quantitative estimate of drug-likeness (QED) is 0.651. The molecule has 3 nitrogen and oxygen atoms in total. The molecule has 0 saturated heterocycles. The maximum atomic E-state index is 12.4. The Labute approximate surface area is 116 Å². The number of carbonyl (C=O) groups excluding carboxylic acids is 1. The van der Waals surface area contributed by atoms with E-state index in [1.54, 1.807) is 44.2 Å². The van der Waals surface area contributed by atoms with Gasteiger partial charge in [-0.15, -0.1) is 0 Å². The minimum atomic E-state index is -0.263. The van der Waals surface area contributed by atoms with E-state index in [0.29, 0.717) is 27.4 Å². The van der Waals surface area contributed by atoms with Crippen molar-refractivity contribution in [2.24, 2.45) is 0 Å². The van der Waals surface area contributed by atoms with Crippen LogP contribution in [0.15, 0.2) is 30.3 Å². The fraction of sp³-hybridized carbons (Fsp3) is 0.133. The highest BCUT2D eigenvalue weighted by Crippen LogP contribution is 2.32. The number of carbonyl (C=O) groups is 1. The molecule has 2 rings (SSSR count). The molecule has 19 heavy (non-hydrogen) atoms. The summed E-state index contributed by atoms with van der Waals surface area (Å²) in [5, 5.41) is 10.6. The van der Waals surface area contributed by atoms with Crippen LogP contribution in [-0.2, 0) is 0 Å². The van der Waals surface area contributed by atoms with E-state index in [0.717, 1.165) is 0 Å². The molecule has 4 heteroatoms. The number of anilines is 1. The van der Waals surface area contributed by atoms with Crippen LogP contribution >= 0.6 is 11.6 Å². The normalized spacial score (nSPS) is 10.5. The molecule has 3 N–H and O–H groups in total. The summed E-state index contributed by atoms with van der Waals surface area (Å²) in [6.45, 7) is 3.42. The molecule has 2 aromatic carbocycles. The summed E-state index contributed by atoms with van der Waals surface area (Å²) in [4.78, 5) is 12.4. The predicted octanol–water partition coefficient (Wildman–Crippen LogP) is 3.48. The third-order valence-electron chi connectivity index (χ3n) is 3.09. The zero-order chi connectivity index (χ0) is 14.2. The highest BCUT2D eigenvalue weighted by Gasteiger charge is 2.19. The highest BCUT2D eigenvalue weighted by atomic mass is 35.5. The lowest BCUT2D eigenvalue weighted by atomic mass is 9.96. The summed E-state index contributed by atoms with van der Waals surface area (Å²) in [5.41, 5.74) is 8.04. The highest BCUT2D eigenvalue weighted by molar-refractivity contribution is 6.32. The largest absolute Gasteiger partial charge is 0.507 e. The molecule has 0 saturated carbocycles. The number of nitrogen functional groups attached to an aromatic ring is 1. The topological polar surface area (TPSA) is 63.3 Å². The first kappa shape index (κ1) is 13.4. The van der Waals surface area contributed by atoms with Crippen LogP contribution in [0.25, 0.3) is 0 Å². The molecule has 0 heterocycles. The Hall–Kier alpha value is -2.00. The lowest BCUT2D eigenvalue weighted by molar-refractivity contribution is 0.103. The zero-order valence-corrected chi connectivity index (χ0v) is 11.5. The molecular weight excluding hydrogens is 262 g/mol. The molecule has 0 fully saturated rings. The molecule has 0 aliphatic rings. The molecule has 2 aromatic rings. The molecule has 0 unspecified atom stereocenters. The fourth-order valence-electron chi connectivity index (χ4n) is 1.92. The van der Waals surface area contributed by atoms with Crippen LogP contribution in [0.2, 0.25) is 5.02 Å². The fourth-order valence-corrected chi connectivity index (χ4v) is 2.18. The van der Waals surface area contributed by atoms with E-state index in [1.807, 2.05) is 0 Å². The third kappa shape index (κ3) is 2.42. The average molecular weight is 276 g/mol. The van der Waals surface area contributed by atoms with Crippen LogP contribution in [-0.4, -0.2) is 10.9 Å². The first-order chi connectivity index (χ1) is 8.91.